The maximum absolute atomic E-state index is 13.4. The van der Waals surface area contributed by atoms with Gasteiger partial charge in [-0.1, -0.05) is 48.9 Å². The van der Waals surface area contributed by atoms with Gasteiger partial charge >= 0.3 is 0 Å². The molecule has 2 aromatic rings. The molecule has 0 saturated carbocycles. The number of aryl methyl sites for hydroxylation is 1. The highest BCUT2D eigenvalue weighted by Gasteiger charge is 2.30. The fourth-order valence-electron chi connectivity index (χ4n) is 3.19. The molecule has 0 aliphatic carbocycles. The van der Waals surface area contributed by atoms with Crippen LogP contribution in [0.4, 0.5) is 5.69 Å². The average molecular weight is 480 g/mol. The van der Waals surface area contributed by atoms with Crippen LogP contribution in [0, 0.1) is 6.92 Å². The molecule has 0 bridgehead atoms. The zero-order chi connectivity index (χ0) is 23.9. The van der Waals surface area contributed by atoms with E-state index in [1.165, 1.54) is 4.90 Å². The van der Waals surface area contributed by atoms with E-state index in [-0.39, 0.29) is 12.5 Å². The van der Waals surface area contributed by atoms with Gasteiger partial charge in [0.25, 0.3) is 0 Å². The molecule has 0 aliphatic rings. The van der Waals surface area contributed by atoms with Crippen molar-refractivity contribution in [1.29, 1.82) is 0 Å². The van der Waals surface area contributed by atoms with Crippen LogP contribution in [-0.2, 0) is 26.2 Å². The van der Waals surface area contributed by atoms with E-state index in [2.05, 4.69) is 5.32 Å². The summed E-state index contributed by atoms with van der Waals surface area (Å²) < 4.78 is 26.1. The molecule has 0 aliphatic heterocycles. The van der Waals surface area contributed by atoms with Crippen LogP contribution in [0.25, 0.3) is 0 Å². The van der Waals surface area contributed by atoms with Gasteiger partial charge in [0.1, 0.15) is 12.6 Å². The SMILES string of the molecule is CCCNC(=O)C(C)N(Cc1ccccc1Cl)C(=O)CN(c1cccc(C)c1)S(C)(=O)=O. The lowest BCUT2D eigenvalue weighted by atomic mass is 10.1. The smallest absolute Gasteiger partial charge is 0.244 e. The Kier molecular flexibility index (Phi) is 9.09. The van der Waals surface area contributed by atoms with E-state index in [0.29, 0.717) is 22.8 Å². The van der Waals surface area contributed by atoms with Gasteiger partial charge in [-0.3, -0.25) is 13.9 Å². The molecule has 0 aromatic heterocycles. The van der Waals surface area contributed by atoms with Crippen LogP contribution in [0.15, 0.2) is 48.5 Å². The highest BCUT2D eigenvalue weighted by molar-refractivity contribution is 7.92. The fourth-order valence-corrected chi connectivity index (χ4v) is 4.22. The fraction of sp³-hybridized carbons (Fsp3) is 0.391. The van der Waals surface area contributed by atoms with Crippen molar-refractivity contribution in [2.75, 3.05) is 23.7 Å². The second-order valence-electron chi connectivity index (χ2n) is 7.69. The first kappa shape index (κ1) is 25.7. The van der Waals surface area contributed by atoms with Crippen LogP contribution >= 0.6 is 11.6 Å². The summed E-state index contributed by atoms with van der Waals surface area (Å²) in [6.45, 7) is 5.52. The third-order valence-corrected chi connectivity index (χ3v) is 6.49. The topological polar surface area (TPSA) is 86.8 Å². The van der Waals surface area contributed by atoms with E-state index in [0.717, 1.165) is 22.5 Å². The van der Waals surface area contributed by atoms with Gasteiger partial charge in [0, 0.05) is 18.1 Å². The van der Waals surface area contributed by atoms with Gasteiger partial charge in [-0.2, -0.15) is 0 Å². The van der Waals surface area contributed by atoms with Crippen LogP contribution in [0.2, 0.25) is 5.02 Å². The Bertz CT molecular complexity index is 1060. The van der Waals surface area contributed by atoms with E-state index < -0.39 is 28.5 Å². The number of hydrogen-bond acceptors (Lipinski definition) is 4. The van der Waals surface area contributed by atoms with E-state index in [1.54, 1.807) is 49.4 Å². The quantitative estimate of drug-likeness (QED) is 0.566. The van der Waals surface area contributed by atoms with Gasteiger partial charge in [0.15, 0.2) is 0 Å². The van der Waals surface area contributed by atoms with Crippen molar-refractivity contribution in [3.05, 3.63) is 64.7 Å². The molecule has 0 saturated heterocycles. The number of nitrogens with one attached hydrogen (secondary N) is 1. The first-order valence-corrected chi connectivity index (χ1v) is 12.6. The highest BCUT2D eigenvalue weighted by atomic mass is 35.5. The number of hydrogen-bond donors (Lipinski definition) is 1. The number of anilines is 1. The Morgan fingerprint density at radius 2 is 1.81 bits per heavy atom. The first-order valence-electron chi connectivity index (χ1n) is 10.4. The van der Waals surface area contributed by atoms with E-state index in [4.69, 9.17) is 11.6 Å². The minimum atomic E-state index is -3.75. The summed E-state index contributed by atoms with van der Waals surface area (Å²) >= 11 is 6.29. The summed E-state index contributed by atoms with van der Waals surface area (Å²) in [6, 6.07) is 13.1. The number of sulfonamides is 1. The average Bonchev–Trinajstić information content (AvgIpc) is 2.73. The van der Waals surface area contributed by atoms with Crippen molar-refractivity contribution in [3.63, 3.8) is 0 Å². The number of carbonyl (C=O) groups is 2. The van der Waals surface area contributed by atoms with Gasteiger partial charge < -0.3 is 10.2 Å². The second-order valence-corrected chi connectivity index (χ2v) is 10.0. The first-order chi connectivity index (χ1) is 15.0. The lowest BCUT2D eigenvalue weighted by Gasteiger charge is -2.31. The summed E-state index contributed by atoms with van der Waals surface area (Å²) in [5, 5.41) is 3.26. The van der Waals surface area contributed by atoms with Crippen LogP contribution in [0.5, 0.6) is 0 Å². The molecular weight excluding hydrogens is 450 g/mol. The Labute approximate surface area is 195 Å². The summed E-state index contributed by atoms with van der Waals surface area (Å²) in [6.07, 6.45) is 1.81. The van der Waals surface area contributed by atoms with Crippen molar-refractivity contribution in [3.8, 4) is 0 Å². The van der Waals surface area contributed by atoms with E-state index >= 15 is 0 Å². The summed E-state index contributed by atoms with van der Waals surface area (Å²) in [5.41, 5.74) is 1.92. The molecule has 0 radical (unpaired) electrons. The molecule has 2 rings (SSSR count). The number of nitrogens with zero attached hydrogens (tertiary/aromatic N) is 2. The molecule has 2 aromatic carbocycles. The number of rotatable bonds is 10. The summed E-state index contributed by atoms with van der Waals surface area (Å²) in [7, 11) is -3.75. The van der Waals surface area contributed by atoms with Crippen LogP contribution in [0.3, 0.4) is 0 Å². The maximum atomic E-state index is 13.4. The lowest BCUT2D eigenvalue weighted by molar-refractivity contribution is -0.139. The summed E-state index contributed by atoms with van der Waals surface area (Å²) in [4.78, 5) is 27.4. The van der Waals surface area contributed by atoms with E-state index in [1.807, 2.05) is 19.9 Å². The predicted octanol–water partition coefficient (Wildman–Crippen LogP) is 3.36. The number of benzene rings is 2. The zero-order valence-corrected chi connectivity index (χ0v) is 20.4. The van der Waals surface area contributed by atoms with Crippen molar-refractivity contribution in [2.24, 2.45) is 0 Å². The van der Waals surface area contributed by atoms with Gasteiger partial charge in [-0.15, -0.1) is 0 Å². The van der Waals surface area contributed by atoms with Gasteiger partial charge in [0.05, 0.1) is 11.9 Å². The third kappa shape index (κ3) is 6.97. The van der Waals surface area contributed by atoms with Crippen molar-refractivity contribution >= 4 is 39.1 Å². The Hall–Kier alpha value is -2.58. The van der Waals surface area contributed by atoms with E-state index in [9.17, 15) is 18.0 Å². The molecule has 0 spiro atoms. The molecule has 1 unspecified atom stereocenters. The molecular formula is C23H30ClN3O4S. The molecule has 2 amide bonds. The van der Waals surface area contributed by atoms with Crippen molar-refractivity contribution in [2.45, 2.75) is 39.8 Å². The minimum Gasteiger partial charge on any atom is -0.354 e. The second kappa shape index (κ2) is 11.3. The number of amides is 2. The lowest BCUT2D eigenvalue weighted by Crippen LogP contribution is -2.51. The molecule has 174 valence electrons. The largest absolute Gasteiger partial charge is 0.354 e. The van der Waals surface area contributed by atoms with Gasteiger partial charge in [0.2, 0.25) is 21.8 Å². The molecule has 9 heteroatoms. The molecule has 1 atom stereocenters. The van der Waals surface area contributed by atoms with Crippen LogP contribution < -0.4 is 9.62 Å². The highest BCUT2D eigenvalue weighted by Crippen LogP contribution is 2.22. The standard InChI is InChI=1S/C23H30ClN3O4S/c1-5-13-25-23(29)18(3)26(15-19-10-6-7-12-21(19)24)22(28)16-27(32(4,30)31)20-11-8-9-17(2)14-20/h6-12,14,18H,5,13,15-16H2,1-4H3,(H,25,29). The zero-order valence-electron chi connectivity index (χ0n) is 18.8. The van der Waals surface area contributed by atoms with Gasteiger partial charge in [-0.05, 0) is 49.6 Å². The number of carbonyl (C=O) groups excluding carboxylic acids is 2. The van der Waals surface area contributed by atoms with Gasteiger partial charge in [-0.25, -0.2) is 8.42 Å². The molecule has 0 fully saturated rings. The Morgan fingerprint density at radius 3 is 2.41 bits per heavy atom. The number of halogens is 1. The van der Waals surface area contributed by atoms with Crippen molar-refractivity contribution < 1.29 is 18.0 Å². The van der Waals surface area contributed by atoms with Crippen molar-refractivity contribution in [1.82, 2.24) is 10.2 Å². The molecule has 0 heterocycles. The third-order valence-electron chi connectivity index (χ3n) is 4.98. The van der Waals surface area contributed by atoms with Crippen LogP contribution in [0.1, 0.15) is 31.4 Å². The normalized spacial score (nSPS) is 12.2. The maximum Gasteiger partial charge on any atom is 0.244 e. The minimum absolute atomic E-state index is 0.0740. The Balaban J connectivity index is 2.38. The molecule has 32 heavy (non-hydrogen) atoms. The molecule has 7 nitrogen and oxygen atoms in total. The monoisotopic (exact) mass is 479 g/mol. The summed E-state index contributed by atoms with van der Waals surface area (Å²) in [5.74, 6) is -0.815. The van der Waals surface area contributed by atoms with Crippen LogP contribution in [-0.4, -0.2) is 50.5 Å². The molecule has 1 N–H and O–H groups in total. The Morgan fingerprint density at radius 1 is 1.12 bits per heavy atom. The predicted molar refractivity (Wildman–Crippen MR) is 128 cm³/mol.